The molecular formula is C10H16O10. The summed E-state index contributed by atoms with van der Waals surface area (Å²) >= 11 is 0. The number of carbonyl (C=O) groups excluding carboxylic acids is 1. The molecule has 5 atom stereocenters. The number of esters is 1. The number of hydrogen-bond donors (Lipinski definition) is 6. The summed E-state index contributed by atoms with van der Waals surface area (Å²) in [5.74, 6) is -5.46. The number of rotatable bonds is 5. The third-order valence-corrected chi connectivity index (χ3v) is 2.73. The van der Waals surface area contributed by atoms with Gasteiger partial charge in [-0.15, -0.1) is 0 Å². The van der Waals surface area contributed by atoms with Gasteiger partial charge in [-0.25, -0.2) is 0 Å². The van der Waals surface area contributed by atoms with E-state index in [-0.39, 0.29) is 0 Å². The molecule has 116 valence electrons. The van der Waals surface area contributed by atoms with Crippen molar-refractivity contribution in [2.24, 2.45) is 0 Å². The molecule has 1 aliphatic heterocycles. The van der Waals surface area contributed by atoms with Crippen molar-refractivity contribution in [1.29, 1.82) is 0 Å². The van der Waals surface area contributed by atoms with Gasteiger partial charge in [-0.1, -0.05) is 0 Å². The molecule has 20 heavy (non-hydrogen) atoms. The summed E-state index contributed by atoms with van der Waals surface area (Å²) in [5.41, 5.74) is 0. The molecule has 0 aromatic heterocycles. The van der Waals surface area contributed by atoms with Crippen molar-refractivity contribution in [3.63, 3.8) is 0 Å². The normalized spacial score (nSPS) is 37.5. The van der Waals surface area contributed by atoms with Gasteiger partial charge in [0.2, 0.25) is 0 Å². The van der Waals surface area contributed by atoms with Gasteiger partial charge in [-0.2, -0.15) is 0 Å². The zero-order chi connectivity index (χ0) is 15.5. The molecule has 10 heteroatoms. The summed E-state index contributed by atoms with van der Waals surface area (Å²) in [6.07, 6.45) is -8.48. The van der Waals surface area contributed by atoms with Crippen LogP contribution < -0.4 is 0 Å². The van der Waals surface area contributed by atoms with Crippen LogP contribution in [-0.4, -0.2) is 79.6 Å². The Hall–Kier alpha value is -1.30. The molecule has 1 fully saturated rings. The SMILES string of the molecule is O=C(O)CCC(=O)OC1(O)O[C@H](CO)[C@@H](O)[C@H](O)[C@H]1O. The lowest BCUT2D eigenvalue weighted by molar-refractivity contribution is -0.434. The van der Waals surface area contributed by atoms with E-state index < -0.39 is 61.8 Å². The fourth-order valence-corrected chi connectivity index (χ4v) is 1.63. The van der Waals surface area contributed by atoms with E-state index in [0.717, 1.165) is 0 Å². The Labute approximate surface area is 112 Å². The topological polar surface area (TPSA) is 174 Å². The van der Waals surface area contributed by atoms with E-state index in [1.807, 2.05) is 0 Å². The van der Waals surface area contributed by atoms with Gasteiger partial charge in [-0.3, -0.25) is 9.59 Å². The van der Waals surface area contributed by atoms with Crippen molar-refractivity contribution in [1.82, 2.24) is 0 Å². The van der Waals surface area contributed by atoms with Crippen LogP contribution in [-0.2, 0) is 19.1 Å². The van der Waals surface area contributed by atoms with Crippen LogP contribution >= 0.6 is 0 Å². The van der Waals surface area contributed by atoms with Crippen LogP contribution in [0, 0.1) is 0 Å². The van der Waals surface area contributed by atoms with E-state index in [1.54, 1.807) is 0 Å². The van der Waals surface area contributed by atoms with E-state index >= 15 is 0 Å². The molecule has 1 saturated heterocycles. The Bertz CT molecular complexity index is 369. The molecule has 0 saturated carbocycles. The smallest absolute Gasteiger partial charge is 0.357 e. The van der Waals surface area contributed by atoms with E-state index in [9.17, 15) is 30.0 Å². The molecule has 1 unspecified atom stereocenters. The lowest BCUT2D eigenvalue weighted by atomic mass is 9.98. The monoisotopic (exact) mass is 296 g/mol. The molecule has 0 amide bonds. The number of carboxylic acid groups (broad SMARTS) is 1. The number of aliphatic hydroxyl groups excluding tert-OH is 4. The van der Waals surface area contributed by atoms with E-state index in [4.69, 9.17) is 10.2 Å². The Morgan fingerprint density at radius 3 is 2.25 bits per heavy atom. The van der Waals surface area contributed by atoms with Crippen molar-refractivity contribution in [3.05, 3.63) is 0 Å². The van der Waals surface area contributed by atoms with Crippen LogP contribution in [0.25, 0.3) is 0 Å². The second kappa shape index (κ2) is 6.43. The summed E-state index contributed by atoms with van der Waals surface area (Å²) < 4.78 is 9.04. The van der Waals surface area contributed by atoms with Crippen molar-refractivity contribution in [2.45, 2.75) is 43.2 Å². The first-order chi connectivity index (χ1) is 9.21. The van der Waals surface area contributed by atoms with Gasteiger partial charge in [0.15, 0.2) is 6.10 Å². The summed E-state index contributed by atoms with van der Waals surface area (Å²) in [4.78, 5) is 21.6. The molecule has 0 spiro atoms. The van der Waals surface area contributed by atoms with Gasteiger partial charge in [0.05, 0.1) is 19.4 Å². The Kier molecular flexibility index (Phi) is 5.39. The van der Waals surface area contributed by atoms with Gasteiger partial charge in [0, 0.05) is 0 Å². The lowest BCUT2D eigenvalue weighted by Gasteiger charge is -2.43. The average Bonchev–Trinajstić information content (AvgIpc) is 2.38. The molecule has 1 rings (SSSR count). The minimum Gasteiger partial charge on any atom is -0.481 e. The second-order valence-corrected chi connectivity index (χ2v) is 4.26. The molecule has 10 nitrogen and oxygen atoms in total. The van der Waals surface area contributed by atoms with Gasteiger partial charge >= 0.3 is 17.9 Å². The maximum absolute atomic E-state index is 11.3. The zero-order valence-electron chi connectivity index (χ0n) is 10.2. The summed E-state index contributed by atoms with van der Waals surface area (Å²) in [7, 11) is 0. The van der Waals surface area contributed by atoms with Crippen molar-refractivity contribution in [3.8, 4) is 0 Å². The number of aliphatic carboxylic acids is 1. The van der Waals surface area contributed by atoms with Crippen molar-refractivity contribution >= 4 is 11.9 Å². The van der Waals surface area contributed by atoms with Crippen LogP contribution in [0.15, 0.2) is 0 Å². The van der Waals surface area contributed by atoms with Crippen LogP contribution in [0.1, 0.15) is 12.8 Å². The molecule has 0 aromatic carbocycles. The first-order valence-electron chi connectivity index (χ1n) is 5.70. The quantitative estimate of drug-likeness (QED) is 0.221. The third-order valence-electron chi connectivity index (χ3n) is 2.73. The van der Waals surface area contributed by atoms with Crippen LogP contribution in [0.4, 0.5) is 0 Å². The minimum absolute atomic E-state index is 0.570. The highest BCUT2D eigenvalue weighted by atomic mass is 16.8. The first kappa shape index (κ1) is 16.8. The highest BCUT2D eigenvalue weighted by molar-refractivity contribution is 5.76. The maximum atomic E-state index is 11.3. The molecule has 0 radical (unpaired) electrons. The summed E-state index contributed by atoms with van der Waals surface area (Å²) in [5, 5.41) is 55.6. The molecule has 0 bridgehead atoms. The second-order valence-electron chi connectivity index (χ2n) is 4.26. The minimum atomic E-state index is -2.98. The molecule has 1 aliphatic rings. The Balaban J connectivity index is 2.74. The fraction of sp³-hybridized carbons (Fsp3) is 0.800. The van der Waals surface area contributed by atoms with Gasteiger partial charge in [0.25, 0.3) is 0 Å². The Morgan fingerprint density at radius 2 is 1.75 bits per heavy atom. The van der Waals surface area contributed by atoms with Gasteiger partial charge < -0.3 is 40.1 Å². The summed E-state index contributed by atoms with van der Waals surface area (Å²) in [6, 6.07) is 0. The number of aliphatic hydroxyl groups is 5. The molecule has 6 N–H and O–H groups in total. The Morgan fingerprint density at radius 1 is 1.15 bits per heavy atom. The highest BCUT2D eigenvalue weighted by Crippen LogP contribution is 2.29. The number of hydrogen-bond acceptors (Lipinski definition) is 9. The number of carboxylic acids is 1. The number of ether oxygens (including phenoxy) is 2. The summed E-state index contributed by atoms with van der Waals surface area (Å²) in [6.45, 7) is -0.820. The average molecular weight is 296 g/mol. The van der Waals surface area contributed by atoms with Crippen LogP contribution in [0.3, 0.4) is 0 Å². The van der Waals surface area contributed by atoms with Gasteiger partial charge in [0.1, 0.15) is 18.3 Å². The van der Waals surface area contributed by atoms with E-state index in [2.05, 4.69) is 9.47 Å². The predicted molar refractivity (Wildman–Crippen MR) is 57.9 cm³/mol. The largest absolute Gasteiger partial charge is 0.481 e. The number of carbonyl (C=O) groups is 2. The van der Waals surface area contributed by atoms with Crippen molar-refractivity contribution in [2.75, 3.05) is 6.61 Å². The van der Waals surface area contributed by atoms with Crippen molar-refractivity contribution < 1.29 is 49.7 Å². The predicted octanol–water partition coefficient (Wildman–Crippen LogP) is -3.49. The molecule has 1 heterocycles. The fourth-order valence-electron chi connectivity index (χ4n) is 1.63. The molecule has 0 aromatic rings. The van der Waals surface area contributed by atoms with E-state index in [0.29, 0.717) is 0 Å². The standard InChI is InChI=1S/C10H16O10/c11-3-4-7(15)8(16)9(17)10(18,19-4)20-6(14)2-1-5(12)13/h4,7-9,11,15-18H,1-3H2,(H,12,13)/t4-,7-,8+,9-,10?/m1/s1. The zero-order valence-corrected chi connectivity index (χ0v) is 10.2. The van der Waals surface area contributed by atoms with Gasteiger partial charge in [-0.05, 0) is 0 Å². The maximum Gasteiger partial charge on any atom is 0.357 e. The van der Waals surface area contributed by atoms with Crippen LogP contribution in [0.2, 0.25) is 0 Å². The first-order valence-corrected chi connectivity index (χ1v) is 5.70. The lowest BCUT2D eigenvalue weighted by Crippen LogP contribution is -2.66. The third kappa shape index (κ3) is 3.62. The van der Waals surface area contributed by atoms with Crippen LogP contribution in [0.5, 0.6) is 0 Å². The highest BCUT2D eigenvalue weighted by Gasteiger charge is 2.55. The van der Waals surface area contributed by atoms with E-state index in [1.165, 1.54) is 0 Å². The molecule has 0 aliphatic carbocycles. The molecular weight excluding hydrogens is 280 g/mol.